The summed E-state index contributed by atoms with van der Waals surface area (Å²) in [5, 5.41) is 10.2. The first-order chi connectivity index (χ1) is 12.7. The van der Waals surface area contributed by atoms with Crippen LogP contribution in [-0.4, -0.2) is 47.2 Å². The molecule has 0 radical (unpaired) electrons. The molecule has 0 saturated carbocycles. The van der Waals surface area contributed by atoms with Crippen molar-refractivity contribution >= 4 is 5.91 Å². The van der Waals surface area contributed by atoms with Crippen molar-refractivity contribution in [2.24, 2.45) is 5.92 Å². The Bertz CT molecular complexity index is 759. The van der Waals surface area contributed by atoms with Gasteiger partial charge in [-0.05, 0) is 50.9 Å². The number of rotatable bonds is 5. The summed E-state index contributed by atoms with van der Waals surface area (Å²) in [5.41, 5.74) is 2.44. The molecule has 4 heterocycles. The molecule has 4 rings (SSSR count). The van der Waals surface area contributed by atoms with Crippen LogP contribution >= 0.6 is 0 Å². The van der Waals surface area contributed by atoms with Crippen molar-refractivity contribution in [2.45, 2.75) is 39.3 Å². The van der Waals surface area contributed by atoms with E-state index in [9.17, 15) is 4.79 Å². The average Bonchev–Trinajstić information content (AvgIpc) is 3.27. The summed E-state index contributed by atoms with van der Waals surface area (Å²) >= 11 is 0. The fourth-order valence-corrected chi connectivity index (χ4v) is 3.76. The summed E-state index contributed by atoms with van der Waals surface area (Å²) in [6.07, 6.45) is 2.97. The highest BCUT2D eigenvalue weighted by atomic mass is 16.5. The van der Waals surface area contributed by atoms with Gasteiger partial charge >= 0.3 is 0 Å². The smallest absolute Gasteiger partial charge is 0.272 e. The van der Waals surface area contributed by atoms with Gasteiger partial charge in [-0.15, -0.1) is 0 Å². The molecular weight excluding hydrogens is 332 g/mol. The van der Waals surface area contributed by atoms with Crippen LogP contribution in [0.1, 0.15) is 46.1 Å². The van der Waals surface area contributed by atoms with Crippen LogP contribution in [0.15, 0.2) is 16.5 Å². The maximum Gasteiger partial charge on any atom is 0.272 e. The van der Waals surface area contributed by atoms with Crippen molar-refractivity contribution in [1.29, 1.82) is 0 Å². The van der Waals surface area contributed by atoms with Crippen molar-refractivity contribution < 1.29 is 13.9 Å². The molecule has 2 N–H and O–H groups in total. The SMILES string of the molecule is Cc1ccc(CN2CCC(CNC(=O)c3n[nH]c4c3COCC4)CC2)o1. The van der Waals surface area contributed by atoms with E-state index in [1.165, 1.54) is 0 Å². The van der Waals surface area contributed by atoms with Gasteiger partial charge < -0.3 is 14.5 Å². The Labute approximate surface area is 153 Å². The van der Waals surface area contributed by atoms with Crippen LogP contribution in [-0.2, 0) is 24.3 Å². The molecule has 2 aliphatic heterocycles. The normalized spacial score (nSPS) is 18.7. The number of carbonyl (C=O) groups excluding carboxylic acids is 1. The zero-order chi connectivity index (χ0) is 17.9. The second-order valence-electron chi connectivity index (χ2n) is 7.27. The van der Waals surface area contributed by atoms with Gasteiger partial charge in [0, 0.05) is 24.2 Å². The molecule has 0 bridgehead atoms. The first-order valence-electron chi connectivity index (χ1n) is 9.39. The molecule has 1 saturated heterocycles. The Morgan fingerprint density at radius 2 is 2.23 bits per heavy atom. The molecule has 2 aromatic rings. The van der Waals surface area contributed by atoms with E-state index in [0.717, 1.165) is 61.7 Å². The molecule has 7 heteroatoms. The topological polar surface area (TPSA) is 83.4 Å². The van der Waals surface area contributed by atoms with Crippen molar-refractivity contribution in [2.75, 3.05) is 26.2 Å². The van der Waals surface area contributed by atoms with E-state index in [1.807, 2.05) is 13.0 Å². The first kappa shape index (κ1) is 17.3. The van der Waals surface area contributed by atoms with Crippen LogP contribution in [0, 0.1) is 12.8 Å². The molecule has 2 aliphatic rings. The summed E-state index contributed by atoms with van der Waals surface area (Å²) in [5.74, 6) is 2.41. The summed E-state index contributed by atoms with van der Waals surface area (Å²) in [6.45, 7) is 6.77. The number of fused-ring (bicyclic) bond motifs is 1. The van der Waals surface area contributed by atoms with E-state index in [-0.39, 0.29) is 5.91 Å². The maximum atomic E-state index is 12.5. The number of H-pyrrole nitrogens is 1. The number of amides is 1. The van der Waals surface area contributed by atoms with Gasteiger partial charge in [0.15, 0.2) is 5.69 Å². The van der Waals surface area contributed by atoms with E-state index in [1.54, 1.807) is 0 Å². The van der Waals surface area contributed by atoms with Crippen LogP contribution in [0.3, 0.4) is 0 Å². The summed E-state index contributed by atoms with van der Waals surface area (Å²) < 4.78 is 11.1. The van der Waals surface area contributed by atoms with Crippen LogP contribution < -0.4 is 5.32 Å². The second kappa shape index (κ2) is 7.63. The van der Waals surface area contributed by atoms with E-state index in [2.05, 4.69) is 26.5 Å². The number of aromatic nitrogens is 2. The number of nitrogens with one attached hydrogen (secondary N) is 2. The Balaban J connectivity index is 1.23. The molecule has 1 fully saturated rings. The standard InChI is InChI=1S/C19H26N4O3/c1-13-2-3-15(26-13)11-23-7-4-14(5-8-23)10-20-19(24)18-16-12-25-9-6-17(16)21-22-18/h2-3,14H,4-12H2,1H3,(H,20,24)(H,21,22). The van der Waals surface area contributed by atoms with Gasteiger partial charge in [-0.1, -0.05) is 0 Å². The number of furan rings is 1. The highest BCUT2D eigenvalue weighted by Gasteiger charge is 2.24. The van der Waals surface area contributed by atoms with Crippen LogP contribution in [0.2, 0.25) is 0 Å². The number of aromatic amines is 1. The lowest BCUT2D eigenvalue weighted by Gasteiger charge is -2.31. The monoisotopic (exact) mass is 358 g/mol. The molecular formula is C19H26N4O3. The van der Waals surface area contributed by atoms with Crippen LogP contribution in [0.4, 0.5) is 0 Å². The minimum atomic E-state index is -0.0958. The largest absolute Gasteiger partial charge is 0.465 e. The maximum absolute atomic E-state index is 12.5. The fourth-order valence-electron chi connectivity index (χ4n) is 3.76. The minimum Gasteiger partial charge on any atom is -0.465 e. The zero-order valence-electron chi connectivity index (χ0n) is 15.2. The molecule has 0 aliphatic carbocycles. The molecule has 1 amide bonds. The lowest BCUT2D eigenvalue weighted by Crippen LogP contribution is -2.38. The lowest BCUT2D eigenvalue weighted by molar-refractivity contribution is 0.0908. The minimum absolute atomic E-state index is 0.0958. The number of hydrogen-bond acceptors (Lipinski definition) is 5. The number of piperidine rings is 1. The van der Waals surface area contributed by atoms with Gasteiger partial charge in [0.05, 0.1) is 19.8 Å². The van der Waals surface area contributed by atoms with Gasteiger partial charge in [-0.25, -0.2) is 0 Å². The summed E-state index contributed by atoms with van der Waals surface area (Å²) in [7, 11) is 0. The number of likely N-dealkylation sites (tertiary alicyclic amines) is 1. The van der Waals surface area contributed by atoms with Crippen molar-refractivity contribution in [3.63, 3.8) is 0 Å². The Hall–Kier alpha value is -2.12. The van der Waals surface area contributed by atoms with Crippen molar-refractivity contribution in [3.05, 3.63) is 40.6 Å². The number of ether oxygens (including phenoxy) is 1. The molecule has 0 unspecified atom stereocenters. The highest BCUT2D eigenvalue weighted by Crippen LogP contribution is 2.21. The Morgan fingerprint density at radius 3 is 3.00 bits per heavy atom. The third kappa shape index (κ3) is 3.83. The van der Waals surface area contributed by atoms with E-state index < -0.39 is 0 Å². The van der Waals surface area contributed by atoms with Gasteiger partial charge in [-0.2, -0.15) is 5.10 Å². The number of nitrogens with zero attached hydrogens (tertiary/aromatic N) is 2. The molecule has 0 atom stereocenters. The Kier molecular flexibility index (Phi) is 5.08. The number of aryl methyl sites for hydroxylation is 1. The van der Waals surface area contributed by atoms with Gasteiger partial charge in [0.1, 0.15) is 11.5 Å². The highest BCUT2D eigenvalue weighted by molar-refractivity contribution is 5.93. The van der Waals surface area contributed by atoms with Crippen molar-refractivity contribution in [1.82, 2.24) is 20.4 Å². The van der Waals surface area contributed by atoms with Crippen LogP contribution in [0.25, 0.3) is 0 Å². The average molecular weight is 358 g/mol. The first-order valence-corrected chi connectivity index (χ1v) is 9.39. The van der Waals surface area contributed by atoms with E-state index in [0.29, 0.717) is 31.4 Å². The molecule has 2 aromatic heterocycles. The van der Waals surface area contributed by atoms with Gasteiger partial charge in [0.25, 0.3) is 5.91 Å². The molecule has 140 valence electrons. The summed E-state index contributed by atoms with van der Waals surface area (Å²) in [4.78, 5) is 14.9. The zero-order valence-corrected chi connectivity index (χ0v) is 15.2. The fraction of sp³-hybridized carbons (Fsp3) is 0.579. The van der Waals surface area contributed by atoms with E-state index in [4.69, 9.17) is 9.15 Å². The third-order valence-corrected chi connectivity index (χ3v) is 5.34. The van der Waals surface area contributed by atoms with E-state index >= 15 is 0 Å². The molecule has 7 nitrogen and oxygen atoms in total. The van der Waals surface area contributed by atoms with Gasteiger partial charge in [-0.3, -0.25) is 14.8 Å². The predicted octanol–water partition coefficient (Wildman–Crippen LogP) is 2.03. The number of carbonyl (C=O) groups is 1. The molecule has 0 spiro atoms. The lowest BCUT2D eigenvalue weighted by atomic mass is 9.96. The predicted molar refractivity (Wildman–Crippen MR) is 95.7 cm³/mol. The quantitative estimate of drug-likeness (QED) is 0.854. The number of hydrogen-bond donors (Lipinski definition) is 2. The second-order valence-corrected chi connectivity index (χ2v) is 7.27. The Morgan fingerprint density at radius 1 is 1.38 bits per heavy atom. The molecule has 0 aromatic carbocycles. The van der Waals surface area contributed by atoms with Crippen molar-refractivity contribution in [3.8, 4) is 0 Å². The molecule has 26 heavy (non-hydrogen) atoms. The third-order valence-electron chi connectivity index (χ3n) is 5.34. The van der Waals surface area contributed by atoms with Crippen LogP contribution in [0.5, 0.6) is 0 Å². The van der Waals surface area contributed by atoms with Gasteiger partial charge in [0.2, 0.25) is 0 Å². The summed E-state index contributed by atoms with van der Waals surface area (Å²) in [6, 6.07) is 4.06.